The minimum absolute atomic E-state index is 0.153. The summed E-state index contributed by atoms with van der Waals surface area (Å²) in [4.78, 5) is 0. The summed E-state index contributed by atoms with van der Waals surface area (Å²) in [6, 6.07) is 0. The Morgan fingerprint density at radius 2 is 1.85 bits per heavy atom. The first kappa shape index (κ1) is 13.4. The molecule has 0 aromatic heterocycles. The van der Waals surface area contributed by atoms with Gasteiger partial charge in [0.15, 0.2) is 0 Å². The number of unbranched alkanes of at least 4 members (excludes halogenated alkanes) is 3. The first-order valence-electron chi connectivity index (χ1n) is 4.47. The molecule has 1 atom stereocenters. The van der Waals surface area contributed by atoms with E-state index in [0.717, 1.165) is 19.3 Å². The Kier molecular flexibility index (Phi) is 8.03. The number of hydrogen-bond donors (Lipinski definition) is 1. The van der Waals surface area contributed by atoms with E-state index in [4.69, 9.17) is 39.9 Å². The molecule has 13 heavy (non-hydrogen) atoms. The molecule has 4 heteroatoms. The van der Waals surface area contributed by atoms with Crippen LogP contribution in [0.5, 0.6) is 0 Å². The molecule has 0 aromatic rings. The molecule has 78 valence electrons. The molecule has 0 rings (SSSR count). The highest BCUT2D eigenvalue weighted by Crippen LogP contribution is 2.24. The molecule has 0 spiro atoms. The van der Waals surface area contributed by atoms with Crippen molar-refractivity contribution in [3.8, 4) is 0 Å². The number of rotatable bonds is 6. The van der Waals surface area contributed by atoms with Crippen LogP contribution in [0.1, 0.15) is 39.0 Å². The van der Waals surface area contributed by atoms with Crippen LogP contribution in [-0.4, -0.2) is 10.5 Å². The van der Waals surface area contributed by atoms with Gasteiger partial charge in [0, 0.05) is 0 Å². The third-order valence-corrected chi connectivity index (χ3v) is 3.07. The Balaban J connectivity index is 3.63. The average molecular weight is 246 g/mol. The summed E-state index contributed by atoms with van der Waals surface area (Å²) in [5.74, 6) is 0. The van der Waals surface area contributed by atoms with Gasteiger partial charge in [-0.15, -0.1) is 11.6 Å². The van der Waals surface area contributed by atoms with Crippen LogP contribution in [0.4, 0.5) is 0 Å². The van der Waals surface area contributed by atoms with Gasteiger partial charge in [-0.25, -0.2) is 0 Å². The number of aliphatic hydroxyl groups excluding tert-OH is 1. The molecule has 0 aliphatic heterocycles. The van der Waals surface area contributed by atoms with E-state index in [1.807, 2.05) is 0 Å². The topological polar surface area (TPSA) is 20.2 Å². The van der Waals surface area contributed by atoms with E-state index in [-0.39, 0.29) is 10.4 Å². The van der Waals surface area contributed by atoms with Gasteiger partial charge in [-0.3, -0.25) is 0 Å². The van der Waals surface area contributed by atoms with Crippen molar-refractivity contribution in [2.24, 2.45) is 0 Å². The fraction of sp³-hybridized carbons (Fsp3) is 0.778. The van der Waals surface area contributed by atoms with Crippen molar-refractivity contribution in [1.82, 2.24) is 0 Å². The van der Waals surface area contributed by atoms with Gasteiger partial charge in [-0.1, -0.05) is 44.2 Å². The molecule has 0 fully saturated rings. The molecular weight excluding hydrogens is 230 g/mol. The van der Waals surface area contributed by atoms with Gasteiger partial charge in [-0.2, -0.15) is 0 Å². The predicted octanol–water partition coefficient (Wildman–Crippen LogP) is 4.77. The molecule has 0 saturated carbocycles. The van der Waals surface area contributed by atoms with Crippen molar-refractivity contribution < 1.29 is 5.11 Å². The molecule has 1 nitrogen and oxygen atoms in total. The van der Waals surface area contributed by atoms with Crippen LogP contribution in [0.2, 0.25) is 0 Å². The standard InChI is InChI=1S/C9H15Cl3O/c1-2-3-4-5-6-7(10)8(11)9(12)13/h7,13H,2-6H2,1H3/b9-8-. The molecule has 0 aliphatic carbocycles. The molecular formula is C9H15Cl3O. The molecule has 0 amide bonds. The second kappa shape index (κ2) is 7.78. The van der Waals surface area contributed by atoms with Crippen molar-refractivity contribution in [3.63, 3.8) is 0 Å². The Morgan fingerprint density at radius 1 is 1.23 bits per heavy atom. The van der Waals surface area contributed by atoms with E-state index in [1.54, 1.807) is 0 Å². The van der Waals surface area contributed by atoms with E-state index < -0.39 is 5.22 Å². The Hall–Kier alpha value is 0.410. The van der Waals surface area contributed by atoms with Crippen molar-refractivity contribution in [2.45, 2.75) is 44.4 Å². The summed E-state index contributed by atoms with van der Waals surface area (Å²) >= 11 is 16.8. The highest BCUT2D eigenvalue weighted by molar-refractivity contribution is 6.42. The maximum atomic E-state index is 8.82. The van der Waals surface area contributed by atoms with E-state index in [0.29, 0.717) is 0 Å². The van der Waals surface area contributed by atoms with Gasteiger partial charge in [0.1, 0.15) is 0 Å². The molecule has 1 N–H and O–H groups in total. The van der Waals surface area contributed by atoms with Crippen molar-refractivity contribution in [2.75, 3.05) is 0 Å². The SMILES string of the molecule is CCCCCCC(Cl)/C(Cl)=C(/O)Cl. The van der Waals surface area contributed by atoms with E-state index in [1.165, 1.54) is 12.8 Å². The van der Waals surface area contributed by atoms with Crippen LogP contribution in [0, 0.1) is 0 Å². The van der Waals surface area contributed by atoms with Gasteiger partial charge >= 0.3 is 0 Å². The third-order valence-electron chi connectivity index (χ3n) is 1.78. The normalized spacial score (nSPS) is 15.4. The maximum absolute atomic E-state index is 8.82. The fourth-order valence-corrected chi connectivity index (χ4v) is 1.56. The largest absolute Gasteiger partial charge is 0.498 e. The number of hydrogen-bond acceptors (Lipinski definition) is 1. The van der Waals surface area contributed by atoms with Gasteiger partial charge in [-0.05, 0) is 18.0 Å². The number of allylic oxidation sites excluding steroid dienone is 1. The second-order valence-corrected chi connectivity index (χ2v) is 4.25. The van der Waals surface area contributed by atoms with Crippen molar-refractivity contribution in [1.29, 1.82) is 0 Å². The number of aliphatic hydroxyl groups is 1. The zero-order chi connectivity index (χ0) is 10.3. The molecule has 0 heterocycles. The Bertz CT molecular complexity index is 164. The lowest BCUT2D eigenvalue weighted by atomic mass is 10.1. The summed E-state index contributed by atoms with van der Waals surface area (Å²) in [6.45, 7) is 2.15. The van der Waals surface area contributed by atoms with Crippen LogP contribution in [0.15, 0.2) is 10.3 Å². The van der Waals surface area contributed by atoms with Gasteiger partial charge in [0.05, 0.1) is 10.4 Å². The van der Waals surface area contributed by atoms with Gasteiger partial charge < -0.3 is 5.11 Å². The van der Waals surface area contributed by atoms with E-state index in [2.05, 4.69) is 6.92 Å². The smallest absolute Gasteiger partial charge is 0.200 e. The highest BCUT2D eigenvalue weighted by atomic mass is 35.5. The van der Waals surface area contributed by atoms with Gasteiger partial charge in [0.2, 0.25) is 5.22 Å². The van der Waals surface area contributed by atoms with Crippen molar-refractivity contribution in [3.05, 3.63) is 10.3 Å². The molecule has 0 bridgehead atoms. The zero-order valence-electron chi connectivity index (χ0n) is 7.69. The summed E-state index contributed by atoms with van der Waals surface area (Å²) in [5.41, 5.74) is 0. The zero-order valence-corrected chi connectivity index (χ0v) is 9.96. The number of halogens is 3. The van der Waals surface area contributed by atoms with Crippen LogP contribution < -0.4 is 0 Å². The van der Waals surface area contributed by atoms with Crippen LogP contribution in [0.3, 0.4) is 0 Å². The summed E-state index contributed by atoms with van der Waals surface area (Å²) in [7, 11) is 0. The highest BCUT2D eigenvalue weighted by Gasteiger charge is 2.12. The first-order chi connectivity index (χ1) is 6.09. The summed E-state index contributed by atoms with van der Waals surface area (Å²) in [5, 5.41) is 8.23. The van der Waals surface area contributed by atoms with Gasteiger partial charge in [0.25, 0.3) is 0 Å². The van der Waals surface area contributed by atoms with E-state index in [9.17, 15) is 0 Å². The van der Waals surface area contributed by atoms with Crippen molar-refractivity contribution >= 4 is 34.8 Å². The van der Waals surface area contributed by atoms with E-state index >= 15 is 0 Å². The number of alkyl halides is 1. The molecule has 0 aliphatic rings. The Labute approximate surface area is 94.7 Å². The lowest BCUT2D eigenvalue weighted by Crippen LogP contribution is -2.00. The molecule has 0 radical (unpaired) electrons. The maximum Gasteiger partial charge on any atom is 0.200 e. The van der Waals surface area contributed by atoms with Crippen LogP contribution in [0.25, 0.3) is 0 Å². The van der Waals surface area contributed by atoms with Crippen LogP contribution in [-0.2, 0) is 0 Å². The first-order valence-corrected chi connectivity index (χ1v) is 5.67. The quantitative estimate of drug-likeness (QED) is 0.406. The summed E-state index contributed by atoms with van der Waals surface area (Å²) < 4.78 is 0. The minimum atomic E-state index is -0.392. The fourth-order valence-electron chi connectivity index (χ4n) is 1.01. The second-order valence-electron chi connectivity index (χ2n) is 2.96. The monoisotopic (exact) mass is 244 g/mol. The molecule has 0 saturated heterocycles. The lowest BCUT2D eigenvalue weighted by molar-refractivity contribution is 0.446. The molecule has 0 aromatic carbocycles. The summed E-state index contributed by atoms with van der Waals surface area (Å²) in [6.07, 6.45) is 5.32. The average Bonchev–Trinajstić information content (AvgIpc) is 2.10. The van der Waals surface area contributed by atoms with Crippen LogP contribution >= 0.6 is 34.8 Å². The lowest BCUT2D eigenvalue weighted by Gasteiger charge is -2.07. The predicted molar refractivity (Wildman–Crippen MR) is 59.8 cm³/mol. The Morgan fingerprint density at radius 3 is 2.31 bits per heavy atom. The third kappa shape index (κ3) is 6.48. The minimum Gasteiger partial charge on any atom is -0.498 e. The molecule has 1 unspecified atom stereocenters.